The second kappa shape index (κ2) is 8.84. The summed E-state index contributed by atoms with van der Waals surface area (Å²) in [6.07, 6.45) is 0.250. The van der Waals surface area contributed by atoms with Crippen molar-refractivity contribution >= 4 is 23.5 Å². The van der Waals surface area contributed by atoms with Gasteiger partial charge in [0, 0.05) is 29.1 Å². The van der Waals surface area contributed by atoms with Crippen LogP contribution in [0.25, 0.3) is 11.5 Å². The average molecular weight is 443 g/mol. The molecule has 1 aliphatic rings. The number of aryl methyl sites for hydroxylation is 1. The Bertz CT molecular complexity index is 1140. The number of ketones is 1. The zero-order valence-corrected chi connectivity index (χ0v) is 18.2. The van der Waals surface area contributed by atoms with Crippen LogP contribution in [0.3, 0.4) is 0 Å². The number of nitrogens with zero attached hydrogens (tertiary/aromatic N) is 3. The van der Waals surface area contributed by atoms with Crippen LogP contribution in [0.1, 0.15) is 28.2 Å². The Kier molecular flexibility index (Phi) is 5.99. The van der Waals surface area contributed by atoms with E-state index in [4.69, 9.17) is 18.6 Å². The largest absolute Gasteiger partial charge is 0.469 e. The Morgan fingerprint density at radius 2 is 1.97 bits per heavy atom. The maximum absolute atomic E-state index is 12.8. The third-order valence-corrected chi connectivity index (χ3v) is 5.81. The molecule has 3 heterocycles. The van der Waals surface area contributed by atoms with E-state index in [0.29, 0.717) is 40.3 Å². The van der Waals surface area contributed by atoms with Gasteiger partial charge in [-0.3, -0.25) is 9.59 Å². The van der Waals surface area contributed by atoms with E-state index in [1.807, 2.05) is 30.5 Å². The number of aromatic nitrogens is 3. The van der Waals surface area contributed by atoms with Crippen LogP contribution in [0.15, 0.2) is 33.9 Å². The molecule has 0 fully saturated rings. The van der Waals surface area contributed by atoms with Crippen molar-refractivity contribution < 1.29 is 28.2 Å². The predicted molar refractivity (Wildman–Crippen MR) is 111 cm³/mol. The molecule has 4 rings (SSSR count). The van der Waals surface area contributed by atoms with Crippen molar-refractivity contribution in [3.8, 4) is 23.0 Å². The quantitative estimate of drug-likeness (QED) is 0.294. The summed E-state index contributed by atoms with van der Waals surface area (Å²) >= 11 is 1.18. The Morgan fingerprint density at radius 1 is 1.16 bits per heavy atom. The van der Waals surface area contributed by atoms with E-state index in [1.54, 1.807) is 12.1 Å². The molecular weight excluding hydrogens is 422 g/mol. The van der Waals surface area contributed by atoms with E-state index in [-0.39, 0.29) is 30.7 Å². The number of ether oxygens (including phenoxy) is 3. The second-order valence-electron chi connectivity index (χ2n) is 6.92. The van der Waals surface area contributed by atoms with E-state index in [9.17, 15) is 9.59 Å². The van der Waals surface area contributed by atoms with Gasteiger partial charge in [0.2, 0.25) is 12.7 Å². The SMILES string of the molecule is COC(=O)CCn1c(C)cc(C(=O)CSc2nnc(-c3ccc4c(c3)OCO4)o2)c1C. The minimum Gasteiger partial charge on any atom is -0.469 e. The zero-order chi connectivity index (χ0) is 22.0. The summed E-state index contributed by atoms with van der Waals surface area (Å²) in [7, 11) is 1.36. The van der Waals surface area contributed by atoms with Crippen LogP contribution in [-0.2, 0) is 16.1 Å². The molecule has 0 N–H and O–H groups in total. The first kappa shape index (κ1) is 21.0. The molecular formula is C21H21N3O6S. The van der Waals surface area contributed by atoms with Crippen molar-refractivity contribution in [3.05, 3.63) is 41.2 Å². The minimum absolute atomic E-state index is 0.0507. The van der Waals surface area contributed by atoms with Gasteiger partial charge in [-0.25, -0.2) is 0 Å². The first-order valence-corrected chi connectivity index (χ1v) is 10.6. The van der Waals surface area contributed by atoms with Crippen molar-refractivity contribution in [2.24, 2.45) is 0 Å². The molecule has 162 valence electrons. The molecule has 0 amide bonds. The summed E-state index contributed by atoms with van der Waals surface area (Å²) in [6.45, 7) is 4.43. The second-order valence-corrected chi connectivity index (χ2v) is 7.84. The van der Waals surface area contributed by atoms with E-state index in [2.05, 4.69) is 10.2 Å². The molecule has 0 spiro atoms. The van der Waals surface area contributed by atoms with Crippen LogP contribution >= 0.6 is 11.8 Å². The highest BCUT2D eigenvalue weighted by Crippen LogP contribution is 2.36. The van der Waals surface area contributed by atoms with Gasteiger partial charge in [-0.2, -0.15) is 0 Å². The van der Waals surface area contributed by atoms with Gasteiger partial charge in [-0.1, -0.05) is 11.8 Å². The number of carbonyl (C=O) groups excluding carboxylic acids is 2. The highest BCUT2D eigenvalue weighted by Gasteiger charge is 2.19. The van der Waals surface area contributed by atoms with Crippen molar-refractivity contribution in [1.29, 1.82) is 0 Å². The maximum Gasteiger partial charge on any atom is 0.307 e. The zero-order valence-electron chi connectivity index (χ0n) is 17.3. The molecule has 0 saturated carbocycles. The number of hydrogen-bond acceptors (Lipinski definition) is 9. The van der Waals surface area contributed by atoms with Gasteiger partial charge in [0.1, 0.15) is 0 Å². The third-order valence-electron chi connectivity index (χ3n) is 4.99. The van der Waals surface area contributed by atoms with Gasteiger partial charge in [-0.15, -0.1) is 10.2 Å². The molecule has 3 aromatic rings. The number of fused-ring (bicyclic) bond motifs is 1. The third kappa shape index (κ3) is 4.43. The summed E-state index contributed by atoms with van der Waals surface area (Å²) in [5.74, 6) is 1.46. The van der Waals surface area contributed by atoms with E-state index in [0.717, 1.165) is 11.4 Å². The first-order chi connectivity index (χ1) is 15.0. The number of thioether (sulfide) groups is 1. The lowest BCUT2D eigenvalue weighted by Crippen LogP contribution is -2.10. The number of carbonyl (C=O) groups is 2. The van der Waals surface area contributed by atoms with Crippen molar-refractivity contribution in [3.63, 3.8) is 0 Å². The van der Waals surface area contributed by atoms with Gasteiger partial charge in [0.15, 0.2) is 17.3 Å². The fourth-order valence-electron chi connectivity index (χ4n) is 3.35. The van der Waals surface area contributed by atoms with Crippen LogP contribution in [0.2, 0.25) is 0 Å². The number of hydrogen-bond donors (Lipinski definition) is 0. The summed E-state index contributed by atoms with van der Waals surface area (Å²) in [6, 6.07) is 7.21. The van der Waals surface area contributed by atoms with Crippen molar-refractivity contribution in [2.45, 2.75) is 32.0 Å². The summed E-state index contributed by atoms with van der Waals surface area (Å²) < 4.78 is 23.0. The number of Topliss-reactive ketones (excluding diaryl/α,β-unsaturated/α-hetero) is 1. The molecule has 1 aromatic carbocycles. The van der Waals surface area contributed by atoms with E-state index >= 15 is 0 Å². The van der Waals surface area contributed by atoms with Gasteiger partial charge < -0.3 is 23.2 Å². The van der Waals surface area contributed by atoms with Crippen molar-refractivity contribution in [2.75, 3.05) is 19.7 Å². The average Bonchev–Trinajstić information content (AvgIpc) is 3.49. The smallest absolute Gasteiger partial charge is 0.307 e. The molecule has 0 atom stereocenters. The van der Waals surface area contributed by atoms with Crippen molar-refractivity contribution in [1.82, 2.24) is 14.8 Å². The monoisotopic (exact) mass is 443 g/mol. The minimum atomic E-state index is -0.286. The lowest BCUT2D eigenvalue weighted by atomic mass is 10.2. The van der Waals surface area contributed by atoms with Crippen LogP contribution < -0.4 is 9.47 Å². The number of rotatable bonds is 8. The lowest BCUT2D eigenvalue weighted by molar-refractivity contribution is -0.140. The molecule has 2 aromatic heterocycles. The lowest BCUT2D eigenvalue weighted by Gasteiger charge is -2.08. The molecule has 1 aliphatic heterocycles. The molecule has 9 nitrogen and oxygen atoms in total. The summed E-state index contributed by atoms with van der Waals surface area (Å²) in [5, 5.41) is 8.38. The standard InChI is InChI=1S/C21H21N3O6S/c1-12-8-15(13(2)24(12)7-6-19(26)27-3)16(25)10-31-21-23-22-20(30-21)14-4-5-17-18(9-14)29-11-28-17/h4-5,8-9H,6-7,10-11H2,1-3H3. The molecule has 0 unspecified atom stereocenters. The molecule has 10 heteroatoms. The van der Waals surface area contributed by atoms with Gasteiger partial charge >= 0.3 is 5.97 Å². The number of esters is 1. The predicted octanol–water partition coefficient (Wildman–Crippen LogP) is 3.42. The molecule has 0 radical (unpaired) electrons. The number of methoxy groups -OCH3 is 1. The van der Waals surface area contributed by atoms with Gasteiger partial charge in [-0.05, 0) is 38.1 Å². The highest BCUT2D eigenvalue weighted by molar-refractivity contribution is 7.99. The topological polar surface area (TPSA) is 106 Å². The Morgan fingerprint density at radius 3 is 2.77 bits per heavy atom. The van der Waals surface area contributed by atoms with E-state index < -0.39 is 0 Å². The van der Waals surface area contributed by atoms with Crippen LogP contribution in [0.4, 0.5) is 0 Å². The Hall–Kier alpha value is -3.27. The fourth-order valence-corrected chi connectivity index (χ4v) is 4.00. The first-order valence-electron chi connectivity index (χ1n) is 9.59. The number of benzene rings is 1. The highest BCUT2D eigenvalue weighted by atomic mass is 32.2. The fraction of sp³-hybridized carbons (Fsp3) is 0.333. The Labute approximate surface area is 182 Å². The summed E-state index contributed by atoms with van der Waals surface area (Å²) in [5.41, 5.74) is 3.06. The normalized spacial score (nSPS) is 12.2. The van der Waals surface area contributed by atoms with E-state index in [1.165, 1.54) is 18.9 Å². The molecule has 31 heavy (non-hydrogen) atoms. The van der Waals surface area contributed by atoms with Crippen LogP contribution in [0.5, 0.6) is 11.5 Å². The Balaban J connectivity index is 1.40. The van der Waals surface area contributed by atoms with Gasteiger partial charge in [0.25, 0.3) is 5.22 Å². The molecule has 0 aliphatic carbocycles. The van der Waals surface area contributed by atoms with Crippen LogP contribution in [-0.4, -0.2) is 46.2 Å². The molecule has 0 bridgehead atoms. The molecule has 0 saturated heterocycles. The van der Waals surface area contributed by atoms with Crippen LogP contribution in [0, 0.1) is 13.8 Å². The van der Waals surface area contributed by atoms with Gasteiger partial charge in [0.05, 0.1) is 19.3 Å². The maximum atomic E-state index is 12.8. The summed E-state index contributed by atoms with van der Waals surface area (Å²) in [4.78, 5) is 24.2.